The average molecular weight is 353 g/mol. The molecule has 26 heavy (non-hydrogen) atoms. The van der Waals surface area contributed by atoms with Gasteiger partial charge in [-0.3, -0.25) is 0 Å². The minimum Gasteiger partial charge on any atom is -0.461 e. The standard InChI is InChI=1S/C19H20FN5O/c20-13-7-14-16-15(24-19(14)23-8-13)9-22-18(21)17(16)26-6-3-12-10-25-4-1-11(12)2-5-25/h3,6-9,11-12H,1-2,4-5,10H2,(H2,21,22)(H,23,24). The number of aromatic nitrogens is 3. The third kappa shape index (κ3) is 2.50. The van der Waals surface area contributed by atoms with E-state index in [-0.39, 0.29) is 5.82 Å². The van der Waals surface area contributed by atoms with E-state index in [1.807, 2.05) is 0 Å². The second-order valence-corrected chi connectivity index (χ2v) is 7.18. The number of nitrogens with zero attached hydrogens (tertiary/aromatic N) is 3. The SMILES string of the molecule is Nc1ncc2[nH]c3ncc(F)cc3c2c1OC=CC1CN2CCC1CC2. The normalized spacial score (nSPS) is 25.5. The predicted molar refractivity (Wildman–Crippen MR) is 98.2 cm³/mol. The van der Waals surface area contributed by atoms with Gasteiger partial charge in [0.25, 0.3) is 0 Å². The summed E-state index contributed by atoms with van der Waals surface area (Å²) in [4.78, 5) is 13.9. The fourth-order valence-electron chi connectivity index (χ4n) is 4.28. The van der Waals surface area contributed by atoms with E-state index in [2.05, 4.69) is 25.9 Å². The number of nitrogen functional groups attached to an aromatic ring is 1. The molecule has 0 saturated carbocycles. The summed E-state index contributed by atoms with van der Waals surface area (Å²) >= 11 is 0. The molecule has 3 aromatic rings. The monoisotopic (exact) mass is 353 g/mol. The first-order chi connectivity index (χ1) is 12.7. The Labute approximate surface area is 149 Å². The molecular weight excluding hydrogens is 333 g/mol. The van der Waals surface area contributed by atoms with Gasteiger partial charge < -0.3 is 20.4 Å². The summed E-state index contributed by atoms with van der Waals surface area (Å²) in [7, 11) is 0. The van der Waals surface area contributed by atoms with Crippen LogP contribution < -0.4 is 10.5 Å². The van der Waals surface area contributed by atoms with Crippen LogP contribution in [0.4, 0.5) is 10.2 Å². The number of rotatable bonds is 3. The molecule has 134 valence electrons. The van der Waals surface area contributed by atoms with Crippen LogP contribution in [0, 0.1) is 17.7 Å². The van der Waals surface area contributed by atoms with Gasteiger partial charge in [-0.15, -0.1) is 0 Å². The lowest BCUT2D eigenvalue weighted by atomic mass is 9.79. The quantitative estimate of drug-likeness (QED) is 0.708. The zero-order valence-electron chi connectivity index (χ0n) is 14.3. The Hall–Kier alpha value is -2.67. The molecule has 3 aliphatic heterocycles. The van der Waals surface area contributed by atoms with E-state index in [0.29, 0.717) is 28.1 Å². The number of H-pyrrole nitrogens is 1. The molecule has 0 radical (unpaired) electrons. The number of aromatic amines is 1. The van der Waals surface area contributed by atoms with E-state index < -0.39 is 5.82 Å². The summed E-state index contributed by atoms with van der Waals surface area (Å²) in [6.45, 7) is 3.50. The van der Waals surface area contributed by atoms with Gasteiger partial charge in [0.1, 0.15) is 11.5 Å². The summed E-state index contributed by atoms with van der Waals surface area (Å²) in [6.07, 6.45) is 9.15. The van der Waals surface area contributed by atoms with E-state index >= 15 is 0 Å². The molecule has 3 aromatic heterocycles. The number of pyridine rings is 2. The molecule has 1 atom stereocenters. The van der Waals surface area contributed by atoms with Gasteiger partial charge >= 0.3 is 0 Å². The molecule has 3 saturated heterocycles. The van der Waals surface area contributed by atoms with Gasteiger partial charge in [0, 0.05) is 11.9 Å². The maximum Gasteiger partial charge on any atom is 0.178 e. The van der Waals surface area contributed by atoms with Crippen LogP contribution in [0.3, 0.4) is 0 Å². The van der Waals surface area contributed by atoms with Crippen LogP contribution in [0.25, 0.3) is 21.9 Å². The van der Waals surface area contributed by atoms with Gasteiger partial charge in [0.15, 0.2) is 11.6 Å². The number of nitrogens with one attached hydrogen (secondary N) is 1. The number of nitrogens with two attached hydrogens (primary N) is 1. The highest BCUT2D eigenvalue weighted by molar-refractivity contribution is 6.10. The fourth-order valence-corrected chi connectivity index (χ4v) is 4.28. The van der Waals surface area contributed by atoms with E-state index in [0.717, 1.165) is 18.0 Å². The third-order valence-electron chi connectivity index (χ3n) is 5.66. The van der Waals surface area contributed by atoms with Gasteiger partial charge in [-0.25, -0.2) is 14.4 Å². The van der Waals surface area contributed by atoms with Crippen LogP contribution >= 0.6 is 0 Å². The Balaban J connectivity index is 1.50. The first-order valence-corrected chi connectivity index (χ1v) is 8.96. The molecule has 6 rings (SSSR count). The van der Waals surface area contributed by atoms with Crippen molar-refractivity contribution in [3.05, 3.63) is 36.6 Å². The zero-order valence-corrected chi connectivity index (χ0v) is 14.3. The molecule has 6 heterocycles. The molecule has 3 fully saturated rings. The maximum atomic E-state index is 13.7. The zero-order chi connectivity index (χ0) is 17.7. The van der Waals surface area contributed by atoms with Gasteiger partial charge in [-0.05, 0) is 49.9 Å². The fraction of sp³-hybridized carbons (Fsp3) is 0.368. The van der Waals surface area contributed by atoms with Crippen LogP contribution in [0.1, 0.15) is 12.8 Å². The Morgan fingerprint density at radius 3 is 2.88 bits per heavy atom. The lowest BCUT2D eigenvalue weighted by Gasteiger charge is -2.43. The third-order valence-corrected chi connectivity index (χ3v) is 5.66. The molecule has 0 aliphatic carbocycles. The molecule has 0 amide bonds. The number of anilines is 1. The summed E-state index contributed by atoms with van der Waals surface area (Å²) < 4.78 is 19.6. The largest absolute Gasteiger partial charge is 0.461 e. The Kier molecular flexibility index (Phi) is 3.56. The lowest BCUT2D eigenvalue weighted by molar-refractivity contribution is 0.0729. The Bertz CT molecular complexity index is 1010. The molecule has 3 aliphatic rings. The van der Waals surface area contributed by atoms with Crippen molar-refractivity contribution in [2.24, 2.45) is 11.8 Å². The number of hydrogen-bond donors (Lipinski definition) is 2. The van der Waals surface area contributed by atoms with Gasteiger partial charge in [-0.2, -0.15) is 0 Å². The molecule has 2 bridgehead atoms. The molecule has 0 aromatic carbocycles. The molecule has 6 nitrogen and oxygen atoms in total. The summed E-state index contributed by atoms with van der Waals surface area (Å²) in [5.74, 6) is 1.56. The number of fused-ring (bicyclic) bond motifs is 6. The number of halogens is 1. The van der Waals surface area contributed by atoms with Crippen molar-refractivity contribution in [1.82, 2.24) is 19.9 Å². The molecule has 7 heteroatoms. The van der Waals surface area contributed by atoms with E-state index in [1.165, 1.54) is 38.2 Å². The van der Waals surface area contributed by atoms with Crippen molar-refractivity contribution in [1.29, 1.82) is 0 Å². The molecule has 0 spiro atoms. The van der Waals surface area contributed by atoms with Crippen molar-refractivity contribution in [2.45, 2.75) is 12.8 Å². The van der Waals surface area contributed by atoms with Crippen molar-refractivity contribution >= 4 is 27.8 Å². The smallest absolute Gasteiger partial charge is 0.178 e. The van der Waals surface area contributed by atoms with Crippen molar-refractivity contribution < 1.29 is 9.13 Å². The predicted octanol–water partition coefficient (Wildman–Crippen LogP) is 3.07. The number of ether oxygens (including phenoxy) is 1. The van der Waals surface area contributed by atoms with Crippen LogP contribution in [0.5, 0.6) is 5.75 Å². The number of piperidine rings is 3. The van der Waals surface area contributed by atoms with Crippen molar-refractivity contribution in [3.8, 4) is 5.75 Å². The highest BCUT2D eigenvalue weighted by Gasteiger charge is 2.32. The summed E-state index contributed by atoms with van der Waals surface area (Å²) in [5, 5.41) is 1.35. The highest BCUT2D eigenvalue weighted by atomic mass is 19.1. The Morgan fingerprint density at radius 1 is 1.27 bits per heavy atom. The topological polar surface area (TPSA) is 80.1 Å². The van der Waals surface area contributed by atoms with E-state index in [4.69, 9.17) is 10.5 Å². The first kappa shape index (κ1) is 15.6. The van der Waals surface area contributed by atoms with Crippen LogP contribution in [-0.2, 0) is 0 Å². The van der Waals surface area contributed by atoms with Crippen LogP contribution in [0.2, 0.25) is 0 Å². The van der Waals surface area contributed by atoms with Gasteiger partial charge in [0.05, 0.1) is 29.6 Å². The summed E-state index contributed by atoms with van der Waals surface area (Å²) in [5.41, 5.74) is 7.35. The maximum absolute atomic E-state index is 13.7. The Morgan fingerprint density at radius 2 is 2.12 bits per heavy atom. The molecule has 1 unspecified atom stereocenters. The average Bonchev–Trinajstić information content (AvgIpc) is 3.02. The molecular formula is C19H20FN5O. The van der Waals surface area contributed by atoms with Gasteiger partial charge in [0.2, 0.25) is 0 Å². The first-order valence-electron chi connectivity index (χ1n) is 8.96. The minimum absolute atomic E-state index is 0.279. The summed E-state index contributed by atoms with van der Waals surface area (Å²) in [6, 6.07) is 1.44. The van der Waals surface area contributed by atoms with Crippen molar-refractivity contribution in [3.63, 3.8) is 0 Å². The minimum atomic E-state index is -0.400. The molecule has 3 N–H and O–H groups in total. The van der Waals surface area contributed by atoms with E-state index in [1.54, 1.807) is 12.5 Å². The van der Waals surface area contributed by atoms with Crippen molar-refractivity contribution in [2.75, 3.05) is 25.4 Å². The van der Waals surface area contributed by atoms with Gasteiger partial charge in [-0.1, -0.05) is 0 Å². The highest BCUT2D eigenvalue weighted by Crippen LogP contribution is 2.37. The van der Waals surface area contributed by atoms with E-state index in [9.17, 15) is 4.39 Å². The second-order valence-electron chi connectivity index (χ2n) is 7.18. The second kappa shape index (κ2) is 5.95. The number of hydrogen-bond acceptors (Lipinski definition) is 5. The lowest BCUT2D eigenvalue weighted by Crippen LogP contribution is -2.46. The van der Waals surface area contributed by atoms with Crippen LogP contribution in [-0.4, -0.2) is 39.5 Å². The van der Waals surface area contributed by atoms with Crippen LogP contribution in [0.15, 0.2) is 30.8 Å².